The van der Waals surface area contributed by atoms with Crippen LogP contribution in [0.1, 0.15) is 11.4 Å². The van der Waals surface area contributed by atoms with Crippen molar-refractivity contribution in [1.29, 1.82) is 5.26 Å². The van der Waals surface area contributed by atoms with Gasteiger partial charge in [-0.15, -0.1) is 0 Å². The molecule has 1 aliphatic rings. The van der Waals surface area contributed by atoms with Crippen LogP contribution in [0.2, 0.25) is 0 Å². The topological polar surface area (TPSA) is 136 Å². The monoisotopic (exact) mass is 393 g/mol. The molecular weight excluding hydrogens is 374 g/mol. The van der Waals surface area contributed by atoms with Crippen molar-refractivity contribution in [3.05, 3.63) is 41.9 Å². The Morgan fingerprint density at radius 1 is 1.28 bits per heavy atom. The molecule has 2 aromatic heterocycles. The van der Waals surface area contributed by atoms with Gasteiger partial charge in [-0.25, -0.2) is 9.97 Å². The molecule has 1 aromatic carbocycles. The number of aromatic nitrogens is 3. The van der Waals surface area contributed by atoms with Gasteiger partial charge >= 0.3 is 0 Å². The first-order valence-corrected chi connectivity index (χ1v) is 8.67. The van der Waals surface area contributed by atoms with Crippen molar-refractivity contribution in [3.63, 3.8) is 0 Å². The third-order valence-electron chi connectivity index (χ3n) is 4.49. The van der Waals surface area contributed by atoms with Crippen LogP contribution in [-0.2, 0) is 11.8 Å². The Bertz CT molecular complexity index is 1100. The number of aryl methyl sites for hydroxylation is 1. The summed E-state index contributed by atoms with van der Waals surface area (Å²) in [5, 5.41) is 16.4. The predicted octanol–water partition coefficient (Wildman–Crippen LogP) is 2.38. The van der Waals surface area contributed by atoms with E-state index in [1.165, 1.54) is 0 Å². The molecule has 4 rings (SSSR count). The maximum Gasteiger partial charge on any atom is 0.290 e. The molecule has 3 N–H and O–H groups in total. The van der Waals surface area contributed by atoms with Crippen LogP contribution in [0.4, 0.5) is 5.82 Å². The van der Waals surface area contributed by atoms with Gasteiger partial charge in [0, 0.05) is 18.2 Å². The van der Waals surface area contributed by atoms with Gasteiger partial charge < -0.3 is 24.9 Å². The molecule has 3 aromatic rings. The van der Waals surface area contributed by atoms with E-state index in [1.54, 1.807) is 6.20 Å². The molecule has 0 amide bonds. The first-order valence-electron chi connectivity index (χ1n) is 8.67. The van der Waals surface area contributed by atoms with Crippen LogP contribution < -0.4 is 15.2 Å². The van der Waals surface area contributed by atoms with E-state index < -0.39 is 0 Å². The minimum Gasteiger partial charge on any atom is -0.486 e. The molecule has 29 heavy (non-hydrogen) atoms. The molecule has 9 heteroatoms. The lowest BCUT2D eigenvalue weighted by Crippen LogP contribution is -2.15. The Labute approximate surface area is 167 Å². The number of nitrogen functional groups attached to an aromatic ring is 1. The van der Waals surface area contributed by atoms with E-state index in [1.807, 2.05) is 42.8 Å². The average Bonchev–Trinajstić information content (AvgIpc) is 3.06. The van der Waals surface area contributed by atoms with Crippen LogP contribution in [0.25, 0.3) is 22.5 Å². The van der Waals surface area contributed by atoms with Gasteiger partial charge in [-0.05, 0) is 31.2 Å². The number of ether oxygens (including phenoxy) is 2. The van der Waals surface area contributed by atoms with Gasteiger partial charge in [-0.3, -0.25) is 4.79 Å². The number of pyridine rings is 1. The van der Waals surface area contributed by atoms with E-state index in [4.69, 9.17) is 25.1 Å². The Hall–Kier alpha value is -4.06. The van der Waals surface area contributed by atoms with E-state index in [2.05, 4.69) is 16.0 Å². The van der Waals surface area contributed by atoms with E-state index in [-0.39, 0.29) is 12.3 Å². The first kappa shape index (κ1) is 19.7. The molecule has 0 saturated carbocycles. The smallest absolute Gasteiger partial charge is 0.290 e. The Kier molecular flexibility index (Phi) is 5.64. The molecule has 3 heterocycles. The zero-order chi connectivity index (χ0) is 21.0. The fraction of sp³-hybridized carbons (Fsp3) is 0.200. The zero-order valence-corrected chi connectivity index (χ0v) is 15.9. The number of nitriles is 1. The maximum atomic E-state index is 9.54. The van der Waals surface area contributed by atoms with Crippen LogP contribution in [0.15, 0.2) is 30.5 Å². The molecule has 0 spiro atoms. The summed E-state index contributed by atoms with van der Waals surface area (Å²) in [4.78, 5) is 17.1. The van der Waals surface area contributed by atoms with Crippen LogP contribution in [-0.4, -0.2) is 39.3 Å². The SMILES string of the molecule is Cc1ncc(-c2cc(-c3ccc4c(c3)OCCO4)nc(N)c2C#N)n1C.O=CO. The summed E-state index contributed by atoms with van der Waals surface area (Å²) in [5.74, 6) is 2.43. The molecule has 9 nitrogen and oxygen atoms in total. The molecule has 0 atom stereocenters. The van der Waals surface area contributed by atoms with E-state index >= 15 is 0 Å². The third kappa shape index (κ3) is 3.82. The van der Waals surface area contributed by atoms with Crippen molar-refractivity contribution in [2.45, 2.75) is 6.92 Å². The highest BCUT2D eigenvalue weighted by atomic mass is 16.6. The lowest BCUT2D eigenvalue weighted by molar-refractivity contribution is -0.122. The van der Waals surface area contributed by atoms with Gasteiger partial charge in [0.25, 0.3) is 6.47 Å². The Balaban J connectivity index is 0.000000755. The number of carbonyl (C=O) groups is 1. The average molecular weight is 393 g/mol. The normalized spacial score (nSPS) is 11.8. The van der Waals surface area contributed by atoms with E-state index in [0.717, 1.165) is 17.1 Å². The number of anilines is 1. The number of hydrogen-bond acceptors (Lipinski definition) is 7. The van der Waals surface area contributed by atoms with Crippen molar-refractivity contribution in [2.24, 2.45) is 7.05 Å². The Morgan fingerprint density at radius 2 is 1.97 bits per heavy atom. The maximum absolute atomic E-state index is 9.54. The highest BCUT2D eigenvalue weighted by Gasteiger charge is 2.18. The van der Waals surface area contributed by atoms with Gasteiger partial charge in [0.2, 0.25) is 0 Å². The molecule has 0 saturated heterocycles. The summed E-state index contributed by atoms with van der Waals surface area (Å²) in [5.41, 5.74) is 9.44. The number of imidazole rings is 1. The number of rotatable bonds is 2. The number of nitrogens with two attached hydrogens (primary N) is 1. The van der Waals surface area contributed by atoms with Crippen LogP contribution >= 0.6 is 0 Å². The highest BCUT2D eigenvalue weighted by molar-refractivity contribution is 5.79. The standard InChI is InChI=1S/C19H17N5O2.CH2O2/c1-11-22-10-16(24(11)2)13-8-15(23-19(21)14(13)9-20)12-3-4-17-18(7-12)26-6-5-25-17;2-1-3/h3-4,7-8,10H,5-6H2,1-2H3,(H2,21,23);1H,(H,2,3). The minimum absolute atomic E-state index is 0.189. The number of benzene rings is 1. The summed E-state index contributed by atoms with van der Waals surface area (Å²) in [7, 11) is 1.90. The van der Waals surface area contributed by atoms with Gasteiger partial charge in [0.05, 0.1) is 17.6 Å². The lowest BCUT2D eigenvalue weighted by atomic mass is 10.0. The van der Waals surface area contributed by atoms with Crippen LogP contribution in [0, 0.1) is 18.3 Å². The van der Waals surface area contributed by atoms with E-state index in [0.29, 0.717) is 41.5 Å². The van der Waals surface area contributed by atoms with Crippen molar-refractivity contribution >= 4 is 12.3 Å². The second-order valence-electron chi connectivity index (χ2n) is 6.14. The van der Waals surface area contributed by atoms with Crippen molar-refractivity contribution in [1.82, 2.24) is 14.5 Å². The van der Waals surface area contributed by atoms with Crippen molar-refractivity contribution in [3.8, 4) is 40.1 Å². The minimum atomic E-state index is -0.250. The van der Waals surface area contributed by atoms with Gasteiger partial charge in [0.15, 0.2) is 11.5 Å². The molecule has 0 aliphatic carbocycles. The molecular formula is C20H19N5O4. The zero-order valence-electron chi connectivity index (χ0n) is 15.9. The molecule has 0 fully saturated rings. The summed E-state index contributed by atoms with van der Waals surface area (Å²) < 4.78 is 13.1. The third-order valence-corrected chi connectivity index (χ3v) is 4.49. The van der Waals surface area contributed by atoms with Crippen molar-refractivity contribution < 1.29 is 19.4 Å². The molecule has 148 valence electrons. The van der Waals surface area contributed by atoms with Crippen molar-refractivity contribution in [2.75, 3.05) is 18.9 Å². The van der Waals surface area contributed by atoms with Crippen LogP contribution in [0.3, 0.4) is 0 Å². The largest absolute Gasteiger partial charge is 0.486 e. The van der Waals surface area contributed by atoms with E-state index in [9.17, 15) is 5.26 Å². The van der Waals surface area contributed by atoms with Gasteiger partial charge in [-0.1, -0.05) is 0 Å². The number of fused-ring (bicyclic) bond motifs is 1. The second kappa shape index (κ2) is 8.31. The summed E-state index contributed by atoms with van der Waals surface area (Å²) in [6, 6.07) is 9.64. The fourth-order valence-corrected chi connectivity index (χ4v) is 2.99. The van der Waals surface area contributed by atoms with Gasteiger partial charge in [-0.2, -0.15) is 5.26 Å². The second-order valence-corrected chi connectivity index (χ2v) is 6.14. The summed E-state index contributed by atoms with van der Waals surface area (Å²) in [6.07, 6.45) is 1.73. The predicted molar refractivity (Wildman–Crippen MR) is 105 cm³/mol. The number of hydrogen-bond donors (Lipinski definition) is 2. The fourth-order valence-electron chi connectivity index (χ4n) is 2.99. The van der Waals surface area contributed by atoms with Gasteiger partial charge in [0.1, 0.15) is 36.5 Å². The molecule has 0 bridgehead atoms. The summed E-state index contributed by atoms with van der Waals surface area (Å²) in [6.45, 7) is 2.71. The Morgan fingerprint density at radius 3 is 2.59 bits per heavy atom. The molecule has 0 radical (unpaired) electrons. The lowest BCUT2D eigenvalue weighted by Gasteiger charge is -2.19. The van der Waals surface area contributed by atoms with Crippen LogP contribution in [0.5, 0.6) is 11.5 Å². The molecule has 0 unspecified atom stereocenters. The number of nitrogens with zero attached hydrogens (tertiary/aromatic N) is 4. The quantitative estimate of drug-likeness (QED) is 0.633. The first-order chi connectivity index (χ1) is 14.0. The molecule has 1 aliphatic heterocycles. The number of carboxylic acid groups (broad SMARTS) is 1. The highest BCUT2D eigenvalue weighted by Crippen LogP contribution is 2.36. The summed E-state index contributed by atoms with van der Waals surface area (Å²) >= 11 is 0.